The lowest BCUT2D eigenvalue weighted by Gasteiger charge is -2.35. The molecule has 0 saturated carbocycles. The summed E-state index contributed by atoms with van der Waals surface area (Å²) in [6.45, 7) is 14.7. The number of ether oxygens (including phenoxy) is 4. The van der Waals surface area contributed by atoms with Crippen molar-refractivity contribution in [1.29, 1.82) is 0 Å². The highest BCUT2D eigenvalue weighted by Crippen LogP contribution is 2.34. The lowest BCUT2D eigenvalue weighted by Crippen LogP contribution is -2.43. The van der Waals surface area contributed by atoms with E-state index in [1.165, 1.54) is 66.3 Å². The van der Waals surface area contributed by atoms with Gasteiger partial charge >= 0.3 is 0 Å². The Kier molecular flexibility index (Phi) is 14.2. The first kappa shape index (κ1) is 43.9. The first-order valence-electron chi connectivity index (χ1n) is 24.0. The van der Waals surface area contributed by atoms with Crippen molar-refractivity contribution in [3.63, 3.8) is 0 Å². The minimum Gasteiger partial charge on any atom is -0.486 e. The van der Waals surface area contributed by atoms with Gasteiger partial charge in [0.2, 0.25) is 5.91 Å². The number of anilines is 1. The minimum atomic E-state index is 0.0948. The van der Waals surface area contributed by atoms with Crippen LogP contribution in [0.15, 0.2) is 89.7 Å². The summed E-state index contributed by atoms with van der Waals surface area (Å²) in [5.41, 5.74) is 8.68. The number of nitrogens with zero attached hydrogens (tertiary/aromatic N) is 4. The highest BCUT2D eigenvalue weighted by molar-refractivity contribution is 5.96. The van der Waals surface area contributed by atoms with E-state index in [0.717, 1.165) is 123 Å². The van der Waals surface area contributed by atoms with Gasteiger partial charge < -0.3 is 38.2 Å². The number of aromatic nitrogens is 1. The molecule has 0 spiro atoms. The van der Waals surface area contributed by atoms with Crippen molar-refractivity contribution < 1.29 is 23.7 Å². The third-order valence-corrected chi connectivity index (χ3v) is 14.2. The molecule has 2 saturated heterocycles. The van der Waals surface area contributed by atoms with Gasteiger partial charge in [-0.1, -0.05) is 36.4 Å². The normalized spacial score (nSPS) is 18.1. The number of hydrogen-bond acceptors (Lipinski definition) is 8. The zero-order valence-corrected chi connectivity index (χ0v) is 38.0. The van der Waals surface area contributed by atoms with Crippen molar-refractivity contribution in [3.8, 4) is 23.0 Å². The van der Waals surface area contributed by atoms with Crippen LogP contribution >= 0.6 is 0 Å². The number of piperidine rings is 2. The summed E-state index contributed by atoms with van der Waals surface area (Å²) in [4.78, 5) is 32.2. The Morgan fingerprint density at radius 1 is 0.531 bits per heavy atom. The third kappa shape index (κ3) is 10.9. The maximum Gasteiger partial charge on any atom is 0.251 e. The molecule has 338 valence electrons. The molecular weight excluding hydrogens is 801 g/mol. The van der Waals surface area contributed by atoms with Gasteiger partial charge in [0.15, 0.2) is 23.0 Å². The Morgan fingerprint density at radius 2 is 1.06 bits per heavy atom. The zero-order chi connectivity index (χ0) is 43.8. The molecule has 64 heavy (non-hydrogen) atoms. The second-order valence-corrected chi connectivity index (χ2v) is 18.7. The number of fused-ring (bicyclic) bond motifs is 4. The Bertz CT molecular complexity index is 2450. The van der Waals surface area contributed by atoms with E-state index in [2.05, 4.69) is 84.3 Å². The Balaban J connectivity index is 0.000000162. The smallest absolute Gasteiger partial charge is 0.251 e. The maximum atomic E-state index is 12.6. The number of benzene rings is 4. The molecule has 4 aromatic carbocycles. The number of amides is 1. The molecule has 10 heteroatoms. The van der Waals surface area contributed by atoms with Crippen molar-refractivity contribution in [2.75, 3.05) is 77.1 Å². The Hall–Kier alpha value is -5.32. The molecule has 5 aromatic rings. The van der Waals surface area contributed by atoms with Gasteiger partial charge in [0, 0.05) is 44.4 Å². The van der Waals surface area contributed by atoms with Gasteiger partial charge in [-0.2, -0.15) is 0 Å². The molecule has 2 fully saturated rings. The Labute approximate surface area is 379 Å². The molecule has 0 unspecified atom stereocenters. The van der Waals surface area contributed by atoms with Gasteiger partial charge in [0.25, 0.3) is 5.56 Å². The molecule has 1 aromatic heterocycles. The quantitative estimate of drug-likeness (QED) is 0.123. The zero-order valence-electron chi connectivity index (χ0n) is 38.0. The number of rotatable bonds is 12. The van der Waals surface area contributed by atoms with Crippen LogP contribution in [0, 0.1) is 25.7 Å². The summed E-state index contributed by atoms with van der Waals surface area (Å²) in [5, 5.41) is 1.13. The van der Waals surface area contributed by atoms with E-state index in [0.29, 0.717) is 32.8 Å². The van der Waals surface area contributed by atoms with Crippen molar-refractivity contribution in [2.45, 2.75) is 84.6 Å². The van der Waals surface area contributed by atoms with E-state index < -0.39 is 0 Å². The van der Waals surface area contributed by atoms with E-state index >= 15 is 0 Å². The predicted octanol–water partition coefficient (Wildman–Crippen LogP) is 8.82. The van der Waals surface area contributed by atoms with Crippen LogP contribution in [0.5, 0.6) is 23.0 Å². The van der Waals surface area contributed by atoms with Crippen LogP contribution in [0.2, 0.25) is 0 Å². The van der Waals surface area contributed by atoms with Crippen LogP contribution in [-0.4, -0.2) is 92.5 Å². The molecule has 5 aliphatic rings. The molecule has 0 N–H and O–H groups in total. The van der Waals surface area contributed by atoms with Crippen molar-refractivity contribution in [1.82, 2.24) is 14.4 Å². The van der Waals surface area contributed by atoms with E-state index in [1.807, 2.05) is 27.7 Å². The number of carbonyl (C=O) groups excluding carboxylic acids is 1. The summed E-state index contributed by atoms with van der Waals surface area (Å²) in [6.07, 6.45) is 11.1. The number of hydrogen-bond donors (Lipinski definition) is 0. The van der Waals surface area contributed by atoms with Crippen LogP contribution in [0.25, 0.3) is 10.9 Å². The minimum absolute atomic E-state index is 0.0948. The summed E-state index contributed by atoms with van der Waals surface area (Å²) in [5.74, 6) is 5.35. The number of carbonyl (C=O) groups is 1. The van der Waals surface area contributed by atoms with Crippen LogP contribution in [0.3, 0.4) is 0 Å². The Morgan fingerprint density at radius 3 is 1.67 bits per heavy atom. The van der Waals surface area contributed by atoms with E-state index in [9.17, 15) is 9.59 Å². The molecule has 6 heterocycles. The van der Waals surface area contributed by atoms with Gasteiger partial charge in [-0.25, -0.2) is 0 Å². The largest absolute Gasteiger partial charge is 0.486 e. The number of aryl methyl sites for hydroxylation is 5. The van der Waals surface area contributed by atoms with Crippen molar-refractivity contribution in [3.05, 3.63) is 123 Å². The molecule has 0 atom stereocenters. The van der Waals surface area contributed by atoms with E-state index in [-0.39, 0.29) is 11.5 Å². The average Bonchev–Trinajstić information content (AvgIpc) is 3.33. The predicted molar refractivity (Wildman–Crippen MR) is 255 cm³/mol. The van der Waals surface area contributed by atoms with Crippen LogP contribution in [-0.2, 0) is 30.6 Å². The van der Waals surface area contributed by atoms with E-state index in [1.54, 1.807) is 6.07 Å². The molecule has 0 bridgehead atoms. The van der Waals surface area contributed by atoms with Gasteiger partial charge in [0.05, 0.1) is 5.52 Å². The van der Waals surface area contributed by atoms with Crippen molar-refractivity contribution in [2.24, 2.45) is 11.8 Å². The van der Waals surface area contributed by atoms with Crippen LogP contribution < -0.4 is 29.4 Å². The first-order valence-corrected chi connectivity index (χ1v) is 24.0. The molecule has 10 rings (SSSR count). The molecular formula is C54H66N4O6. The van der Waals surface area contributed by atoms with Gasteiger partial charge in [-0.05, 0) is 185 Å². The monoisotopic (exact) mass is 866 g/mol. The SMILES string of the molecule is Cc1ccc2c(c1)N(CCN1CCC(CCc3ccc4c(c3)OCCO4)CC1)C(=O)CC2.Cc1ccc2ccc(=O)n(CCN3CCC(CCc4ccc5c(c4)OCCO5)CC3)c2c1. The lowest BCUT2D eigenvalue weighted by molar-refractivity contribution is -0.119. The molecule has 1 amide bonds. The lowest BCUT2D eigenvalue weighted by atomic mass is 9.90. The van der Waals surface area contributed by atoms with E-state index in [4.69, 9.17) is 18.9 Å². The first-order chi connectivity index (χ1) is 31.3. The fraction of sp³-hybridized carbons (Fsp3) is 0.481. The summed E-state index contributed by atoms with van der Waals surface area (Å²) in [7, 11) is 0. The van der Waals surface area contributed by atoms with Gasteiger partial charge in [0.1, 0.15) is 26.4 Å². The second-order valence-electron chi connectivity index (χ2n) is 18.7. The molecule has 0 aliphatic carbocycles. The van der Waals surface area contributed by atoms with Gasteiger partial charge in [-0.15, -0.1) is 0 Å². The number of pyridine rings is 1. The second kappa shape index (κ2) is 20.7. The highest BCUT2D eigenvalue weighted by Gasteiger charge is 2.26. The molecule has 10 nitrogen and oxygen atoms in total. The fourth-order valence-electron chi connectivity index (χ4n) is 10.2. The summed E-state index contributed by atoms with van der Waals surface area (Å²) in [6, 6.07) is 29.2. The highest BCUT2D eigenvalue weighted by atomic mass is 16.6. The van der Waals surface area contributed by atoms with Crippen LogP contribution in [0.1, 0.15) is 72.8 Å². The maximum absolute atomic E-state index is 12.6. The van der Waals surface area contributed by atoms with Crippen LogP contribution in [0.4, 0.5) is 5.69 Å². The standard InChI is InChI=1S/C27H34N2O3.C27H32N2O3/c2*1-20-2-6-23-7-9-27(30)29(24(23)18-20)15-14-28-12-10-21(11-13-28)3-4-22-5-8-25-26(19-22)32-17-16-31-25/h2,5-6,8,18-19,21H,3-4,7,9-17H2,1H3;2,5-9,18-19,21H,3-4,10-17H2,1H3. The fourth-order valence-corrected chi connectivity index (χ4v) is 10.2. The molecule has 5 aliphatic heterocycles. The summed E-state index contributed by atoms with van der Waals surface area (Å²) >= 11 is 0. The topological polar surface area (TPSA) is 85.7 Å². The number of likely N-dealkylation sites (tertiary alicyclic amines) is 2. The molecule has 0 radical (unpaired) electrons. The third-order valence-electron chi connectivity index (χ3n) is 14.2. The summed E-state index contributed by atoms with van der Waals surface area (Å²) < 4.78 is 24.6. The average molecular weight is 867 g/mol. The van der Waals surface area contributed by atoms with Gasteiger partial charge in [-0.3, -0.25) is 9.59 Å². The van der Waals surface area contributed by atoms with Crippen molar-refractivity contribution >= 4 is 22.5 Å².